The van der Waals surface area contributed by atoms with Gasteiger partial charge in [-0.3, -0.25) is 0 Å². The van der Waals surface area contributed by atoms with Gasteiger partial charge in [-0.1, -0.05) is 6.07 Å². The Balaban J connectivity index is 1.86. The van der Waals surface area contributed by atoms with Crippen LogP contribution in [0, 0.1) is 19.7 Å². The number of ether oxygens (including phenoxy) is 1. The normalized spacial score (nSPS) is 14.7. The number of carboxylic acid groups (broad SMARTS) is 1. The summed E-state index contributed by atoms with van der Waals surface area (Å²) < 4.78 is 20.5. The average molecular weight is 385 g/mol. The largest absolute Gasteiger partial charge is 0.478 e. The molecule has 1 aliphatic rings. The molecule has 0 radical (unpaired) electrons. The standard InChI is InChI=1S/C21H20FNO3S/c1-12-9-19-16(11-17(12)22)20(13(2)27-19)14-3-4-18(15(10-14)21(24)25)23-5-7-26-8-6-23/h3-4,9-11H,5-8H2,1-2H3,(H,24,25). The SMILES string of the molecule is Cc1cc2sc(C)c(-c3ccc(N4CCOCC4)c(C(=O)O)c3)c2cc1F. The van der Waals surface area contributed by atoms with Gasteiger partial charge < -0.3 is 14.7 Å². The molecule has 140 valence electrons. The molecular formula is C21H20FNO3S. The number of aromatic carboxylic acids is 1. The van der Waals surface area contributed by atoms with Crippen LogP contribution in [0.3, 0.4) is 0 Å². The highest BCUT2D eigenvalue weighted by molar-refractivity contribution is 7.19. The number of hydrogen-bond donors (Lipinski definition) is 1. The van der Waals surface area contributed by atoms with Gasteiger partial charge in [0.15, 0.2) is 0 Å². The third-order valence-electron chi connectivity index (χ3n) is 5.01. The molecule has 0 spiro atoms. The second-order valence-electron chi connectivity index (χ2n) is 6.77. The van der Waals surface area contributed by atoms with E-state index in [0.29, 0.717) is 37.6 Å². The van der Waals surface area contributed by atoms with E-state index in [-0.39, 0.29) is 11.4 Å². The summed E-state index contributed by atoms with van der Waals surface area (Å²) in [7, 11) is 0. The summed E-state index contributed by atoms with van der Waals surface area (Å²) in [5.41, 5.74) is 3.29. The van der Waals surface area contributed by atoms with Gasteiger partial charge in [-0.05, 0) is 49.2 Å². The Labute approximate surface area is 160 Å². The van der Waals surface area contributed by atoms with E-state index in [1.54, 1.807) is 30.4 Å². The van der Waals surface area contributed by atoms with E-state index in [0.717, 1.165) is 26.1 Å². The van der Waals surface area contributed by atoms with Crippen LogP contribution in [0.1, 0.15) is 20.8 Å². The molecule has 0 saturated carbocycles. The number of anilines is 1. The molecule has 2 aromatic carbocycles. The number of carboxylic acids is 1. The molecule has 3 aromatic rings. The summed E-state index contributed by atoms with van der Waals surface area (Å²) in [6.45, 7) is 6.27. The lowest BCUT2D eigenvalue weighted by molar-refractivity contribution is 0.0696. The van der Waals surface area contributed by atoms with E-state index in [4.69, 9.17) is 4.74 Å². The van der Waals surface area contributed by atoms with E-state index in [2.05, 4.69) is 0 Å². The van der Waals surface area contributed by atoms with Crippen LogP contribution in [0.25, 0.3) is 21.2 Å². The summed E-state index contributed by atoms with van der Waals surface area (Å²) in [5, 5.41) is 10.6. The molecular weight excluding hydrogens is 365 g/mol. The summed E-state index contributed by atoms with van der Waals surface area (Å²) in [5.74, 6) is -1.21. The average Bonchev–Trinajstić information content (AvgIpc) is 2.97. The Morgan fingerprint density at radius 1 is 1.19 bits per heavy atom. The molecule has 1 N–H and O–H groups in total. The van der Waals surface area contributed by atoms with Crippen molar-refractivity contribution in [3.63, 3.8) is 0 Å². The smallest absolute Gasteiger partial charge is 0.337 e. The molecule has 2 heterocycles. The molecule has 0 aliphatic carbocycles. The molecule has 4 rings (SSSR count). The minimum Gasteiger partial charge on any atom is -0.478 e. The number of benzene rings is 2. The topological polar surface area (TPSA) is 49.8 Å². The van der Waals surface area contributed by atoms with E-state index in [1.807, 2.05) is 30.0 Å². The number of thiophene rings is 1. The zero-order chi connectivity index (χ0) is 19.1. The van der Waals surface area contributed by atoms with Crippen molar-refractivity contribution in [1.29, 1.82) is 0 Å². The predicted octanol–water partition coefficient (Wildman–Crippen LogP) is 4.86. The molecule has 0 atom stereocenters. The fourth-order valence-corrected chi connectivity index (χ4v) is 4.81. The van der Waals surface area contributed by atoms with Crippen molar-refractivity contribution in [2.45, 2.75) is 13.8 Å². The van der Waals surface area contributed by atoms with Crippen LogP contribution in [0.4, 0.5) is 10.1 Å². The summed E-state index contributed by atoms with van der Waals surface area (Å²) in [6.07, 6.45) is 0. The first-order valence-corrected chi connectivity index (χ1v) is 9.67. The number of hydrogen-bond acceptors (Lipinski definition) is 4. The van der Waals surface area contributed by atoms with Crippen LogP contribution < -0.4 is 4.90 Å². The number of fused-ring (bicyclic) bond motifs is 1. The van der Waals surface area contributed by atoms with Crippen molar-refractivity contribution in [2.24, 2.45) is 0 Å². The first-order chi connectivity index (χ1) is 13.0. The zero-order valence-corrected chi connectivity index (χ0v) is 16.0. The molecule has 6 heteroatoms. The van der Waals surface area contributed by atoms with Crippen LogP contribution in [-0.2, 0) is 4.74 Å². The highest BCUT2D eigenvalue weighted by Crippen LogP contribution is 2.40. The minimum atomic E-state index is -0.961. The number of nitrogens with zero attached hydrogens (tertiary/aromatic N) is 1. The van der Waals surface area contributed by atoms with Crippen molar-refractivity contribution in [3.8, 4) is 11.1 Å². The monoisotopic (exact) mass is 385 g/mol. The van der Waals surface area contributed by atoms with Crippen molar-refractivity contribution in [1.82, 2.24) is 0 Å². The van der Waals surface area contributed by atoms with E-state index in [1.165, 1.54) is 0 Å². The third-order valence-corrected chi connectivity index (χ3v) is 6.08. The third kappa shape index (κ3) is 3.19. The second-order valence-corrected chi connectivity index (χ2v) is 8.02. The highest BCUT2D eigenvalue weighted by Gasteiger charge is 2.21. The van der Waals surface area contributed by atoms with Gasteiger partial charge in [0.2, 0.25) is 0 Å². The van der Waals surface area contributed by atoms with Gasteiger partial charge >= 0.3 is 5.97 Å². The Morgan fingerprint density at radius 2 is 1.93 bits per heavy atom. The van der Waals surface area contributed by atoms with Crippen LogP contribution in [0.15, 0.2) is 30.3 Å². The number of rotatable bonds is 3. The Morgan fingerprint density at radius 3 is 2.63 bits per heavy atom. The summed E-state index contributed by atoms with van der Waals surface area (Å²) in [4.78, 5) is 15.0. The Kier molecular flexibility index (Phi) is 4.61. The lowest BCUT2D eigenvalue weighted by Crippen LogP contribution is -2.37. The maximum atomic E-state index is 14.2. The van der Waals surface area contributed by atoms with Crippen LogP contribution in [0.2, 0.25) is 0 Å². The first kappa shape index (κ1) is 17.9. The number of carbonyl (C=O) groups is 1. The maximum absolute atomic E-state index is 14.2. The summed E-state index contributed by atoms with van der Waals surface area (Å²) >= 11 is 1.60. The zero-order valence-electron chi connectivity index (χ0n) is 15.2. The lowest BCUT2D eigenvalue weighted by Gasteiger charge is -2.30. The Bertz CT molecular complexity index is 1040. The van der Waals surface area contributed by atoms with Crippen LogP contribution >= 0.6 is 11.3 Å². The number of aryl methyl sites for hydroxylation is 2. The molecule has 1 fully saturated rings. The molecule has 1 aromatic heterocycles. The Hall–Kier alpha value is -2.44. The van der Waals surface area contributed by atoms with Gasteiger partial charge in [0, 0.05) is 33.6 Å². The fraction of sp³-hybridized carbons (Fsp3) is 0.286. The highest BCUT2D eigenvalue weighted by atomic mass is 32.1. The van der Waals surface area contributed by atoms with Gasteiger partial charge in [-0.25, -0.2) is 9.18 Å². The van der Waals surface area contributed by atoms with Gasteiger partial charge in [-0.2, -0.15) is 0 Å². The van der Waals surface area contributed by atoms with Crippen molar-refractivity contribution in [2.75, 3.05) is 31.2 Å². The first-order valence-electron chi connectivity index (χ1n) is 8.85. The predicted molar refractivity (Wildman–Crippen MR) is 107 cm³/mol. The van der Waals surface area contributed by atoms with E-state index in [9.17, 15) is 14.3 Å². The van der Waals surface area contributed by atoms with Crippen LogP contribution in [0.5, 0.6) is 0 Å². The quantitative estimate of drug-likeness (QED) is 0.700. The van der Waals surface area contributed by atoms with Gasteiger partial charge in [0.05, 0.1) is 24.5 Å². The van der Waals surface area contributed by atoms with Crippen molar-refractivity contribution in [3.05, 3.63) is 52.2 Å². The van der Waals surface area contributed by atoms with Crippen molar-refractivity contribution >= 4 is 33.1 Å². The molecule has 1 aliphatic heterocycles. The van der Waals surface area contributed by atoms with Gasteiger partial charge in [0.1, 0.15) is 5.82 Å². The number of halogens is 1. The molecule has 4 nitrogen and oxygen atoms in total. The maximum Gasteiger partial charge on any atom is 0.337 e. The van der Waals surface area contributed by atoms with E-state index < -0.39 is 5.97 Å². The second kappa shape index (κ2) is 6.94. The molecule has 0 amide bonds. The number of morpholine rings is 1. The van der Waals surface area contributed by atoms with E-state index >= 15 is 0 Å². The molecule has 0 unspecified atom stereocenters. The summed E-state index contributed by atoms with van der Waals surface area (Å²) in [6, 6.07) is 8.91. The molecule has 0 bridgehead atoms. The minimum absolute atomic E-state index is 0.245. The molecule has 27 heavy (non-hydrogen) atoms. The molecule has 1 saturated heterocycles. The van der Waals surface area contributed by atoms with Crippen LogP contribution in [-0.4, -0.2) is 37.4 Å². The fourth-order valence-electron chi connectivity index (χ4n) is 3.64. The van der Waals surface area contributed by atoms with Crippen molar-refractivity contribution < 1.29 is 19.0 Å². The van der Waals surface area contributed by atoms with Gasteiger partial charge in [-0.15, -0.1) is 11.3 Å². The van der Waals surface area contributed by atoms with Gasteiger partial charge in [0.25, 0.3) is 0 Å². The lowest BCUT2D eigenvalue weighted by atomic mass is 9.98.